The molecule has 6 heteroatoms. The first-order chi connectivity index (χ1) is 7.74. The maximum Gasteiger partial charge on any atom is 0.309 e. The fourth-order valence-corrected chi connectivity index (χ4v) is 1.35. The molecule has 0 heterocycles. The highest BCUT2D eigenvalue weighted by molar-refractivity contribution is 5.84. The predicted octanol–water partition coefficient (Wildman–Crippen LogP) is 0.611. The predicted molar refractivity (Wildman–Crippen MR) is 61.4 cm³/mol. The van der Waals surface area contributed by atoms with Gasteiger partial charge in [-0.2, -0.15) is 0 Å². The summed E-state index contributed by atoms with van der Waals surface area (Å²) in [6.45, 7) is 4.73. The number of carboxylic acid groups (broad SMARTS) is 1. The topological polar surface area (TPSA) is 84.9 Å². The smallest absolute Gasteiger partial charge is 0.309 e. The van der Waals surface area contributed by atoms with Gasteiger partial charge in [0.1, 0.15) is 0 Å². The molecule has 0 radical (unpaired) electrons. The van der Waals surface area contributed by atoms with Crippen LogP contribution in [0.25, 0.3) is 0 Å². The molecule has 6 nitrogen and oxygen atoms in total. The van der Waals surface area contributed by atoms with Crippen LogP contribution in [0.1, 0.15) is 27.2 Å². The molecule has 0 saturated heterocycles. The minimum atomic E-state index is -1.08. The van der Waals surface area contributed by atoms with E-state index in [1.165, 1.54) is 28.1 Å². The van der Waals surface area contributed by atoms with Crippen molar-refractivity contribution in [3.8, 4) is 0 Å². The molecule has 0 rings (SSSR count). The fourth-order valence-electron chi connectivity index (χ4n) is 1.35. The number of hydrogen-bond acceptors (Lipinski definition) is 4. The van der Waals surface area contributed by atoms with Crippen LogP contribution in [-0.4, -0.2) is 43.5 Å². The van der Waals surface area contributed by atoms with E-state index in [1.54, 1.807) is 6.92 Å². The molecule has 0 aliphatic rings. The van der Waals surface area contributed by atoms with Crippen molar-refractivity contribution in [2.75, 3.05) is 14.2 Å². The summed E-state index contributed by atoms with van der Waals surface area (Å²) >= 11 is 0. The van der Waals surface area contributed by atoms with E-state index in [4.69, 9.17) is 14.6 Å². The summed E-state index contributed by atoms with van der Waals surface area (Å²) in [6.07, 6.45) is -0.640. The molecule has 0 spiro atoms. The zero-order valence-electron chi connectivity index (χ0n) is 10.9. The van der Waals surface area contributed by atoms with Crippen LogP contribution >= 0.6 is 0 Å². The van der Waals surface area contributed by atoms with E-state index in [0.717, 1.165) is 0 Å². The average molecular weight is 247 g/mol. The lowest BCUT2D eigenvalue weighted by Gasteiger charge is -2.24. The van der Waals surface area contributed by atoms with Crippen molar-refractivity contribution in [2.24, 2.45) is 5.41 Å². The van der Waals surface area contributed by atoms with Crippen LogP contribution < -0.4 is 5.32 Å². The molecule has 100 valence electrons. The second-order valence-corrected chi connectivity index (χ2v) is 4.56. The van der Waals surface area contributed by atoms with Crippen LogP contribution in [0.15, 0.2) is 0 Å². The standard InChI is InChI=1S/C11H21NO5/c1-7(9(16-4)17-5)12-8(13)6-11(2,3)10(14)15/h7,9H,6H2,1-5H3,(H,12,13)(H,14,15). The maximum atomic E-state index is 11.6. The highest BCUT2D eigenvalue weighted by atomic mass is 16.7. The van der Waals surface area contributed by atoms with Gasteiger partial charge in [0.15, 0.2) is 6.29 Å². The molecule has 0 fully saturated rings. The molecule has 17 heavy (non-hydrogen) atoms. The first kappa shape index (κ1) is 15.9. The Morgan fingerprint density at radius 3 is 2.12 bits per heavy atom. The van der Waals surface area contributed by atoms with E-state index in [1.807, 2.05) is 0 Å². The second kappa shape index (κ2) is 6.56. The molecule has 1 atom stereocenters. The highest BCUT2D eigenvalue weighted by Crippen LogP contribution is 2.20. The van der Waals surface area contributed by atoms with Gasteiger partial charge in [0.25, 0.3) is 0 Å². The Balaban J connectivity index is 4.32. The largest absolute Gasteiger partial charge is 0.481 e. The summed E-state index contributed by atoms with van der Waals surface area (Å²) in [5.74, 6) is -1.35. The molecule has 1 amide bonds. The monoisotopic (exact) mass is 247 g/mol. The first-order valence-corrected chi connectivity index (χ1v) is 5.33. The lowest BCUT2D eigenvalue weighted by molar-refractivity contribution is -0.151. The van der Waals surface area contributed by atoms with Gasteiger partial charge >= 0.3 is 5.97 Å². The molecule has 0 aromatic heterocycles. The Bertz CT molecular complexity index is 273. The number of rotatable bonds is 7. The van der Waals surface area contributed by atoms with Crippen molar-refractivity contribution in [3.63, 3.8) is 0 Å². The molecule has 0 aromatic rings. The van der Waals surface area contributed by atoms with Crippen molar-refractivity contribution in [2.45, 2.75) is 39.5 Å². The van der Waals surface area contributed by atoms with Crippen LogP contribution in [0.3, 0.4) is 0 Å². The number of amides is 1. The number of carbonyl (C=O) groups is 2. The molecule has 0 saturated carbocycles. The number of carbonyl (C=O) groups excluding carboxylic acids is 1. The number of ether oxygens (including phenoxy) is 2. The van der Waals surface area contributed by atoms with Gasteiger partial charge in [0, 0.05) is 20.6 Å². The van der Waals surface area contributed by atoms with Crippen LogP contribution in [-0.2, 0) is 19.1 Å². The van der Waals surface area contributed by atoms with Gasteiger partial charge in [-0.3, -0.25) is 9.59 Å². The van der Waals surface area contributed by atoms with Crippen molar-refractivity contribution in [3.05, 3.63) is 0 Å². The summed E-state index contributed by atoms with van der Waals surface area (Å²) in [5, 5.41) is 11.5. The Kier molecular flexibility index (Phi) is 6.12. The Morgan fingerprint density at radius 1 is 1.29 bits per heavy atom. The molecule has 0 aliphatic carbocycles. The summed E-state index contributed by atoms with van der Waals surface area (Å²) in [5.41, 5.74) is -1.08. The molecule has 0 aliphatic heterocycles. The highest BCUT2D eigenvalue weighted by Gasteiger charge is 2.31. The summed E-state index contributed by atoms with van der Waals surface area (Å²) in [7, 11) is 2.94. The van der Waals surface area contributed by atoms with Crippen LogP contribution in [0.2, 0.25) is 0 Å². The Labute approximate surface area is 101 Å². The van der Waals surface area contributed by atoms with Gasteiger partial charge < -0.3 is 19.9 Å². The third kappa shape index (κ3) is 5.14. The number of nitrogens with one attached hydrogen (secondary N) is 1. The summed E-state index contributed by atoms with van der Waals surface area (Å²) < 4.78 is 9.97. The molecule has 2 N–H and O–H groups in total. The van der Waals surface area contributed by atoms with Crippen molar-refractivity contribution >= 4 is 11.9 Å². The van der Waals surface area contributed by atoms with Gasteiger partial charge in [-0.1, -0.05) is 0 Å². The number of hydrogen-bond donors (Lipinski definition) is 2. The van der Waals surface area contributed by atoms with Crippen LogP contribution in [0, 0.1) is 5.41 Å². The number of aliphatic carboxylic acids is 1. The van der Waals surface area contributed by atoms with Gasteiger partial charge in [-0.15, -0.1) is 0 Å². The van der Waals surface area contributed by atoms with Crippen LogP contribution in [0.4, 0.5) is 0 Å². The lowest BCUT2D eigenvalue weighted by atomic mass is 9.89. The maximum absolute atomic E-state index is 11.6. The first-order valence-electron chi connectivity index (χ1n) is 5.33. The van der Waals surface area contributed by atoms with E-state index in [2.05, 4.69) is 5.32 Å². The van der Waals surface area contributed by atoms with E-state index in [9.17, 15) is 9.59 Å². The summed E-state index contributed by atoms with van der Waals surface area (Å²) in [6, 6.07) is -0.345. The Hall–Kier alpha value is -1.14. The summed E-state index contributed by atoms with van der Waals surface area (Å²) in [4.78, 5) is 22.5. The minimum absolute atomic E-state index is 0.0905. The van der Waals surface area contributed by atoms with Gasteiger partial charge in [0.2, 0.25) is 5.91 Å². The van der Waals surface area contributed by atoms with Crippen LogP contribution in [0.5, 0.6) is 0 Å². The molecule has 0 bridgehead atoms. The number of methoxy groups -OCH3 is 2. The SMILES string of the molecule is COC(OC)C(C)NC(=O)CC(C)(C)C(=O)O. The van der Waals surface area contributed by atoms with Gasteiger partial charge in [-0.25, -0.2) is 0 Å². The quantitative estimate of drug-likeness (QED) is 0.644. The van der Waals surface area contributed by atoms with E-state index in [0.29, 0.717) is 0 Å². The van der Waals surface area contributed by atoms with E-state index in [-0.39, 0.29) is 18.4 Å². The third-order valence-electron chi connectivity index (χ3n) is 2.44. The minimum Gasteiger partial charge on any atom is -0.481 e. The lowest BCUT2D eigenvalue weighted by Crippen LogP contribution is -2.44. The normalized spacial score (nSPS) is 13.5. The third-order valence-corrected chi connectivity index (χ3v) is 2.44. The average Bonchev–Trinajstić information content (AvgIpc) is 2.17. The van der Waals surface area contributed by atoms with Gasteiger partial charge in [0.05, 0.1) is 11.5 Å². The molecule has 1 unspecified atom stereocenters. The molecular weight excluding hydrogens is 226 g/mol. The van der Waals surface area contributed by atoms with Crippen molar-refractivity contribution in [1.82, 2.24) is 5.32 Å². The second-order valence-electron chi connectivity index (χ2n) is 4.56. The van der Waals surface area contributed by atoms with E-state index < -0.39 is 17.7 Å². The van der Waals surface area contributed by atoms with Crippen molar-refractivity contribution in [1.29, 1.82) is 0 Å². The van der Waals surface area contributed by atoms with Gasteiger partial charge in [-0.05, 0) is 20.8 Å². The zero-order valence-corrected chi connectivity index (χ0v) is 10.9. The van der Waals surface area contributed by atoms with Crippen molar-refractivity contribution < 1.29 is 24.2 Å². The molecular formula is C11H21NO5. The number of carboxylic acids is 1. The fraction of sp³-hybridized carbons (Fsp3) is 0.818. The Morgan fingerprint density at radius 2 is 1.76 bits per heavy atom. The molecule has 0 aromatic carbocycles. The zero-order chi connectivity index (χ0) is 13.6. The van der Waals surface area contributed by atoms with E-state index >= 15 is 0 Å².